The minimum Gasteiger partial charge on any atom is -0.453 e. The molecule has 6 heteroatoms. The highest BCUT2D eigenvalue weighted by atomic mass is 16.5. The Bertz CT molecular complexity index is 703. The van der Waals surface area contributed by atoms with Gasteiger partial charge >= 0.3 is 6.09 Å². The first kappa shape index (κ1) is 14.3. The topological polar surface area (TPSA) is 62.7 Å². The van der Waals surface area contributed by atoms with Gasteiger partial charge in [0, 0.05) is 37.8 Å². The van der Waals surface area contributed by atoms with E-state index in [0.717, 1.165) is 10.9 Å². The van der Waals surface area contributed by atoms with Gasteiger partial charge in [-0.25, -0.2) is 4.79 Å². The lowest BCUT2D eigenvalue weighted by Gasteiger charge is -2.34. The minimum absolute atomic E-state index is 0.0249. The number of carbonyl (C=O) groups is 2. The van der Waals surface area contributed by atoms with Gasteiger partial charge in [0.1, 0.15) is 0 Å². The summed E-state index contributed by atoms with van der Waals surface area (Å²) in [4.78, 5) is 31.8. The van der Waals surface area contributed by atoms with Crippen LogP contribution in [0, 0.1) is 0 Å². The molecule has 0 bridgehead atoms. The van der Waals surface area contributed by atoms with Crippen LogP contribution in [-0.4, -0.2) is 60.1 Å². The van der Waals surface area contributed by atoms with Crippen LogP contribution in [0.2, 0.25) is 0 Å². The Morgan fingerprint density at radius 2 is 1.73 bits per heavy atom. The van der Waals surface area contributed by atoms with Crippen LogP contribution in [0.25, 0.3) is 10.9 Å². The van der Waals surface area contributed by atoms with Crippen molar-refractivity contribution < 1.29 is 14.3 Å². The van der Waals surface area contributed by atoms with Crippen molar-refractivity contribution in [1.29, 1.82) is 0 Å². The fraction of sp³-hybridized carbons (Fsp3) is 0.312. The molecule has 2 aromatic rings. The largest absolute Gasteiger partial charge is 0.453 e. The molecule has 1 aliphatic rings. The van der Waals surface area contributed by atoms with Gasteiger partial charge in [-0.3, -0.25) is 9.78 Å². The van der Waals surface area contributed by atoms with Crippen LogP contribution in [0.3, 0.4) is 0 Å². The number of nitrogens with zero attached hydrogens (tertiary/aromatic N) is 3. The maximum Gasteiger partial charge on any atom is 0.409 e. The molecule has 0 spiro atoms. The fourth-order valence-electron chi connectivity index (χ4n) is 2.67. The van der Waals surface area contributed by atoms with Gasteiger partial charge in [-0.1, -0.05) is 18.2 Å². The number of ether oxygens (including phenoxy) is 1. The van der Waals surface area contributed by atoms with E-state index in [2.05, 4.69) is 4.98 Å². The van der Waals surface area contributed by atoms with Crippen molar-refractivity contribution in [3.63, 3.8) is 0 Å². The molecule has 0 unspecified atom stereocenters. The number of carbonyl (C=O) groups excluding carboxylic acids is 2. The zero-order valence-electron chi connectivity index (χ0n) is 12.4. The maximum atomic E-state index is 12.7. The minimum atomic E-state index is -0.346. The third-order valence-corrected chi connectivity index (χ3v) is 3.88. The number of fused-ring (bicyclic) bond motifs is 1. The molecular weight excluding hydrogens is 282 g/mol. The molecule has 6 nitrogen and oxygen atoms in total. The summed E-state index contributed by atoms with van der Waals surface area (Å²) in [5, 5.41) is 0.852. The molecule has 0 atom stereocenters. The predicted octanol–water partition coefficient (Wildman–Crippen LogP) is 1.76. The Labute approximate surface area is 128 Å². The van der Waals surface area contributed by atoms with Gasteiger partial charge in [-0.15, -0.1) is 0 Å². The summed E-state index contributed by atoms with van der Waals surface area (Å²) in [5.74, 6) is -0.0249. The van der Waals surface area contributed by atoms with Crippen LogP contribution in [0.1, 0.15) is 10.4 Å². The molecule has 1 aromatic carbocycles. The van der Waals surface area contributed by atoms with Crippen molar-refractivity contribution in [1.82, 2.24) is 14.8 Å². The van der Waals surface area contributed by atoms with E-state index in [1.807, 2.05) is 24.3 Å². The highest BCUT2D eigenvalue weighted by molar-refractivity contribution is 6.06. The van der Waals surface area contributed by atoms with E-state index in [-0.39, 0.29) is 12.0 Å². The molecule has 114 valence electrons. The van der Waals surface area contributed by atoms with Gasteiger partial charge in [0.25, 0.3) is 5.91 Å². The average molecular weight is 299 g/mol. The van der Waals surface area contributed by atoms with Gasteiger partial charge in [0.05, 0.1) is 18.2 Å². The molecule has 0 radical (unpaired) electrons. The standard InChI is InChI=1S/C16H17N3O3/c1-22-16(21)19-10-8-18(9-11-19)15(20)13-6-7-17-14-5-3-2-4-12(13)14/h2-7H,8-11H2,1H3. The number of methoxy groups -OCH3 is 1. The lowest BCUT2D eigenvalue weighted by Crippen LogP contribution is -2.50. The van der Waals surface area contributed by atoms with E-state index in [0.29, 0.717) is 31.7 Å². The second-order valence-electron chi connectivity index (χ2n) is 5.12. The van der Waals surface area contributed by atoms with Crippen LogP contribution in [0.4, 0.5) is 4.79 Å². The van der Waals surface area contributed by atoms with Crippen molar-refractivity contribution in [2.45, 2.75) is 0 Å². The molecule has 3 rings (SSSR count). The number of amides is 2. The first-order valence-electron chi connectivity index (χ1n) is 7.16. The lowest BCUT2D eigenvalue weighted by atomic mass is 10.1. The molecule has 2 amide bonds. The summed E-state index contributed by atoms with van der Waals surface area (Å²) in [6.45, 7) is 1.98. The second kappa shape index (κ2) is 6.01. The SMILES string of the molecule is COC(=O)N1CCN(C(=O)c2ccnc3ccccc23)CC1. The molecule has 0 N–H and O–H groups in total. The molecule has 0 aliphatic carbocycles. The van der Waals surface area contributed by atoms with Crippen LogP contribution >= 0.6 is 0 Å². The monoisotopic (exact) mass is 299 g/mol. The third-order valence-electron chi connectivity index (χ3n) is 3.88. The average Bonchev–Trinajstić information content (AvgIpc) is 2.60. The zero-order chi connectivity index (χ0) is 15.5. The molecule has 1 aliphatic heterocycles. The van der Waals surface area contributed by atoms with E-state index in [1.165, 1.54) is 7.11 Å². The van der Waals surface area contributed by atoms with Gasteiger partial charge < -0.3 is 14.5 Å². The van der Waals surface area contributed by atoms with Crippen molar-refractivity contribution >= 4 is 22.9 Å². The molecule has 1 aromatic heterocycles. The van der Waals surface area contributed by atoms with E-state index in [1.54, 1.807) is 22.1 Å². The second-order valence-corrected chi connectivity index (χ2v) is 5.12. The molecule has 1 fully saturated rings. The quantitative estimate of drug-likeness (QED) is 0.805. The Balaban J connectivity index is 1.78. The van der Waals surface area contributed by atoms with Crippen LogP contribution < -0.4 is 0 Å². The normalized spacial score (nSPS) is 15.0. The molecule has 0 saturated carbocycles. The fourth-order valence-corrected chi connectivity index (χ4v) is 2.67. The highest BCUT2D eigenvalue weighted by Gasteiger charge is 2.25. The number of aromatic nitrogens is 1. The summed E-state index contributed by atoms with van der Waals surface area (Å²) in [6.07, 6.45) is 1.31. The van der Waals surface area contributed by atoms with E-state index in [4.69, 9.17) is 4.74 Å². The zero-order valence-corrected chi connectivity index (χ0v) is 12.4. The Morgan fingerprint density at radius 3 is 2.45 bits per heavy atom. The van der Waals surface area contributed by atoms with E-state index < -0.39 is 0 Å². The number of pyridine rings is 1. The van der Waals surface area contributed by atoms with E-state index in [9.17, 15) is 9.59 Å². The molecule has 1 saturated heterocycles. The first-order chi connectivity index (χ1) is 10.7. The number of benzene rings is 1. The van der Waals surface area contributed by atoms with Gasteiger partial charge in [-0.05, 0) is 12.1 Å². The summed E-state index contributed by atoms with van der Waals surface area (Å²) in [7, 11) is 1.36. The maximum absolute atomic E-state index is 12.7. The third kappa shape index (κ3) is 2.59. The first-order valence-corrected chi connectivity index (χ1v) is 7.16. The Hall–Kier alpha value is -2.63. The van der Waals surface area contributed by atoms with Crippen molar-refractivity contribution in [2.75, 3.05) is 33.3 Å². The van der Waals surface area contributed by atoms with Gasteiger partial charge in [0.2, 0.25) is 0 Å². The van der Waals surface area contributed by atoms with Crippen LogP contribution in [-0.2, 0) is 4.74 Å². The van der Waals surface area contributed by atoms with Gasteiger partial charge in [0.15, 0.2) is 0 Å². The predicted molar refractivity (Wildman–Crippen MR) is 81.6 cm³/mol. The summed E-state index contributed by atoms with van der Waals surface area (Å²) < 4.78 is 4.70. The summed E-state index contributed by atoms with van der Waals surface area (Å²) >= 11 is 0. The number of hydrogen-bond acceptors (Lipinski definition) is 4. The molecule has 22 heavy (non-hydrogen) atoms. The highest BCUT2D eigenvalue weighted by Crippen LogP contribution is 2.18. The van der Waals surface area contributed by atoms with Crippen LogP contribution in [0.15, 0.2) is 36.5 Å². The Kier molecular flexibility index (Phi) is 3.91. The number of piperazine rings is 1. The number of hydrogen-bond donors (Lipinski definition) is 0. The van der Waals surface area contributed by atoms with Crippen LogP contribution in [0.5, 0.6) is 0 Å². The van der Waals surface area contributed by atoms with Crippen molar-refractivity contribution in [3.05, 3.63) is 42.1 Å². The molecular formula is C16H17N3O3. The number of para-hydroxylation sites is 1. The number of rotatable bonds is 1. The van der Waals surface area contributed by atoms with E-state index >= 15 is 0 Å². The smallest absolute Gasteiger partial charge is 0.409 e. The summed E-state index contributed by atoms with van der Waals surface area (Å²) in [6, 6.07) is 9.34. The summed E-state index contributed by atoms with van der Waals surface area (Å²) in [5.41, 5.74) is 1.46. The molecule has 2 heterocycles. The van der Waals surface area contributed by atoms with Crippen molar-refractivity contribution in [3.8, 4) is 0 Å². The lowest BCUT2D eigenvalue weighted by molar-refractivity contribution is 0.0601. The Morgan fingerprint density at radius 1 is 1.05 bits per heavy atom. The van der Waals surface area contributed by atoms with Gasteiger partial charge in [-0.2, -0.15) is 0 Å². The van der Waals surface area contributed by atoms with Crippen molar-refractivity contribution in [2.24, 2.45) is 0 Å².